The number of rotatable bonds is 13. The molecule has 0 aliphatic heterocycles. The molecule has 0 fully saturated rings. The molecule has 1 rings (SSSR count). The SMILES string of the molecule is COCCOCCOCCN(CCN)Cc1ccccc1. The molecule has 0 saturated heterocycles. The number of hydrogen-bond donors (Lipinski definition) is 1. The molecule has 0 aliphatic carbocycles. The zero-order valence-electron chi connectivity index (χ0n) is 13.0. The van der Waals surface area contributed by atoms with Crippen LogP contribution in [0.1, 0.15) is 5.56 Å². The Morgan fingerprint density at radius 1 is 0.905 bits per heavy atom. The van der Waals surface area contributed by atoms with Crippen molar-refractivity contribution in [3.8, 4) is 0 Å². The van der Waals surface area contributed by atoms with Crippen molar-refractivity contribution in [2.24, 2.45) is 5.73 Å². The second-order valence-corrected chi connectivity index (χ2v) is 4.77. The quantitative estimate of drug-likeness (QED) is 0.553. The molecule has 0 heterocycles. The van der Waals surface area contributed by atoms with Gasteiger partial charge in [0.05, 0.1) is 33.0 Å². The van der Waals surface area contributed by atoms with Crippen LogP contribution in [0.2, 0.25) is 0 Å². The monoisotopic (exact) mass is 296 g/mol. The smallest absolute Gasteiger partial charge is 0.0701 e. The Morgan fingerprint density at radius 3 is 2.24 bits per heavy atom. The second kappa shape index (κ2) is 12.7. The van der Waals surface area contributed by atoms with Crippen molar-refractivity contribution in [1.82, 2.24) is 4.90 Å². The average molecular weight is 296 g/mol. The van der Waals surface area contributed by atoms with E-state index in [1.54, 1.807) is 7.11 Å². The number of benzene rings is 1. The predicted octanol–water partition coefficient (Wildman–Crippen LogP) is 1.13. The zero-order chi connectivity index (χ0) is 15.2. The summed E-state index contributed by atoms with van der Waals surface area (Å²) < 4.78 is 15.8. The molecule has 2 N–H and O–H groups in total. The summed E-state index contributed by atoms with van der Waals surface area (Å²) in [4.78, 5) is 2.31. The van der Waals surface area contributed by atoms with Gasteiger partial charge in [-0.2, -0.15) is 0 Å². The molecule has 0 aliphatic rings. The third kappa shape index (κ3) is 9.55. The number of nitrogens with zero attached hydrogens (tertiary/aromatic N) is 1. The van der Waals surface area contributed by atoms with Gasteiger partial charge >= 0.3 is 0 Å². The Bertz CT molecular complexity index is 336. The second-order valence-electron chi connectivity index (χ2n) is 4.77. The minimum atomic E-state index is 0.610. The molecule has 0 unspecified atom stereocenters. The van der Waals surface area contributed by atoms with Gasteiger partial charge in [0.15, 0.2) is 0 Å². The Morgan fingerprint density at radius 2 is 1.57 bits per heavy atom. The van der Waals surface area contributed by atoms with Gasteiger partial charge in [-0.05, 0) is 5.56 Å². The lowest BCUT2D eigenvalue weighted by Crippen LogP contribution is -2.32. The predicted molar refractivity (Wildman–Crippen MR) is 84.3 cm³/mol. The van der Waals surface area contributed by atoms with Crippen molar-refractivity contribution in [2.75, 3.05) is 59.8 Å². The maximum atomic E-state index is 5.67. The van der Waals surface area contributed by atoms with Crippen molar-refractivity contribution < 1.29 is 14.2 Å². The Kier molecular flexibility index (Phi) is 11.0. The first-order valence-electron chi connectivity index (χ1n) is 7.47. The summed E-state index contributed by atoms with van der Waals surface area (Å²) in [5, 5.41) is 0. The zero-order valence-corrected chi connectivity index (χ0v) is 13.0. The van der Waals surface area contributed by atoms with Gasteiger partial charge < -0.3 is 19.9 Å². The molecule has 0 bridgehead atoms. The molecule has 0 radical (unpaired) electrons. The van der Waals surface area contributed by atoms with Gasteiger partial charge in [0, 0.05) is 33.3 Å². The van der Waals surface area contributed by atoms with Crippen LogP contribution in [0.3, 0.4) is 0 Å². The van der Waals surface area contributed by atoms with Crippen molar-refractivity contribution in [2.45, 2.75) is 6.54 Å². The minimum absolute atomic E-state index is 0.610. The van der Waals surface area contributed by atoms with Gasteiger partial charge in [-0.15, -0.1) is 0 Å². The molecule has 1 aromatic rings. The van der Waals surface area contributed by atoms with E-state index in [1.807, 2.05) is 6.07 Å². The molecule has 0 spiro atoms. The Balaban J connectivity index is 2.11. The molecule has 0 amide bonds. The number of ether oxygens (including phenoxy) is 3. The van der Waals surface area contributed by atoms with Gasteiger partial charge in [-0.25, -0.2) is 0 Å². The molecule has 120 valence electrons. The van der Waals surface area contributed by atoms with Crippen LogP contribution < -0.4 is 5.73 Å². The highest BCUT2D eigenvalue weighted by molar-refractivity contribution is 5.14. The molecule has 5 heteroatoms. The third-order valence-electron chi connectivity index (χ3n) is 3.05. The average Bonchev–Trinajstić information content (AvgIpc) is 2.51. The van der Waals surface area contributed by atoms with Crippen LogP contribution in [0.25, 0.3) is 0 Å². The van der Waals surface area contributed by atoms with E-state index < -0.39 is 0 Å². The van der Waals surface area contributed by atoms with Gasteiger partial charge in [-0.3, -0.25) is 4.90 Å². The van der Waals surface area contributed by atoms with Crippen LogP contribution in [-0.4, -0.2) is 64.7 Å². The van der Waals surface area contributed by atoms with Crippen LogP contribution in [0.4, 0.5) is 0 Å². The highest BCUT2D eigenvalue weighted by Crippen LogP contribution is 2.03. The lowest BCUT2D eigenvalue weighted by Gasteiger charge is -2.21. The van der Waals surface area contributed by atoms with Gasteiger partial charge in [0.2, 0.25) is 0 Å². The topological polar surface area (TPSA) is 57.0 Å². The lowest BCUT2D eigenvalue weighted by atomic mass is 10.2. The van der Waals surface area contributed by atoms with Crippen LogP contribution in [0.5, 0.6) is 0 Å². The van der Waals surface area contributed by atoms with Crippen LogP contribution >= 0.6 is 0 Å². The van der Waals surface area contributed by atoms with Crippen molar-refractivity contribution in [3.05, 3.63) is 35.9 Å². The standard InChI is InChI=1S/C16H28N2O3/c1-19-11-12-21-14-13-20-10-9-18(8-7-17)15-16-5-3-2-4-6-16/h2-6H,7-15,17H2,1H3. The summed E-state index contributed by atoms with van der Waals surface area (Å²) in [6, 6.07) is 10.4. The van der Waals surface area contributed by atoms with Gasteiger partial charge in [-0.1, -0.05) is 30.3 Å². The van der Waals surface area contributed by atoms with Gasteiger partial charge in [0.25, 0.3) is 0 Å². The highest BCUT2D eigenvalue weighted by Gasteiger charge is 2.04. The van der Waals surface area contributed by atoms with E-state index in [0.29, 0.717) is 39.6 Å². The fourth-order valence-electron chi connectivity index (χ4n) is 1.95. The van der Waals surface area contributed by atoms with E-state index in [0.717, 1.165) is 19.6 Å². The molecule has 0 saturated carbocycles. The maximum Gasteiger partial charge on any atom is 0.0701 e. The molecule has 21 heavy (non-hydrogen) atoms. The molecule has 0 aromatic heterocycles. The number of nitrogens with two attached hydrogens (primary N) is 1. The summed E-state index contributed by atoms with van der Waals surface area (Å²) in [7, 11) is 1.67. The van der Waals surface area contributed by atoms with E-state index in [9.17, 15) is 0 Å². The van der Waals surface area contributed by atoms with Gasteiger partial charge in [0.1, 0.15) is 0 Å². The number of methoxy groups -OCH3 is 1. The molecule has 0 atom stereocenters. The fraction of sp³-hybridized carbons (Fsp3) is 0.625. The summed E-state index contributed by atoms with van der Waals surface area (Å²) in [6.45, 7) is 6.49. The van der Waals surface area contributed by atoms with E-state index >= 15 is 0 Å². The van der Waals surface area contributed by atoms with Crippen LogP contribution in [-0.2, 0) is 20.8 Å². The Hall–Kier alpha value is -0.980. The van der Waals surface area contributed by atoms with Crippen LogP contribution in [0, 0.1) is 0 Å². The third-order valence-corrected chi connectivity index (χ3v) is 3.05. The molecular weight excluding hydrogens is 268 g/mol. The van der Waals surface area contributed by atoms with E-state index in [4.69, 9.17) is 19.9 Å². The Labute approximate surface area is 128 Å². The van der Waals surface area contributed by atoms with Crippen molar-refractivity contribution in [3.63, 3.8) is 0 Å². The summed E-state index contributed by atoms with van der Waals surface area (Å²) in [5.74, 6) is 0. The minimum Gasteiger partial charge on any atom is -0.382 e. The fourth-order valence-corrected chi connectivity index (χ4v) is 1.95. The first kappa shape index (κ1) is 18.1. The lowest BCUT2D eigenvalue weighted by molar-refractivity contribution is 0.0192. The summed E-state index contributed by atoms with van der Waals surface area (Å²) in [5.41, 5.74) is 6.97. The van der Waals surface area contributed by atoms with E-state index in [2.05, 4.69) is 29.2 Å². The van der Waals surface area contributed by atoms with E-state index in [1.165, 1.54) is 5.56 Å². The first-order chi connectivity index (χ1) is 10.4. The highest BCUT2D eigenvalue weighted by atomic mass is 16.5. The van der Waals surface area contributed by atoms with Crippen molar-refractivity contribution in [1.29, 1.82) is 0 Å². The maximum absolute atomic E-state index is 5.67. The molecular formula is C16H28N2O3. The molecule has 5 nitrogen and oxygen atoms in total. The summed E-state index contributed by atoms with van der Waals surface area (Å²) >= 11 is 0. The first-order valence-corrected chi connectivity index (χ1v) is 7.47. The van der Waals surface area contributed by atoms with Crippen LogP contribution in [0.15, 0.2) is 30.3 Å². The molecule has 1 aromatic carbocycles. The number of hydrogen-bond acceptors (Lipinski definition) is 5. The van der Waals surface area contributed by atoms with Crippen molar-refractivity contribution >= 4 is 0 Å². The van der Waals surface area contributed by atoms with E-state index in [-0.39, 0.29) is 0 Å². The summed E-state index contributed by atoms with van der Waals surface area (Å²) in [6.07, 6.45) is 0. The normalized spacial score (nSPS) is 11.2. The largest absolute Gasteiger partial charge is 0.382 e.